The molecule has 0 bridgehead atoms. The fourth-order valence-electron chi connectivity index (χ4n) is 0.225. The number of carboxylic acid groups (broad SMARTS) is 1. The van der Waals surface area contributed by atoms with Gasteiger partial charge in [0.25, 0.3) is 0 Å². The summed E-state index contributed by atoms with van der Waals surface area (Å²) in [7, 11) is 0. The van der Waals surface area contributed by atoms with Crippen LogP contribution in [0.5, 0.6) is 0 Å². The molecule has 0 aromatic carbocycles. The number of rotatable bonds is 2. The second kappa shape index (κ2) is 2.89. The summed E-state index contributed by atoms with van der Waals surface area (Å²) in [6.45, 7) is 1.55. The predicted molar refractivity (Wildman–Crippen MR) is 30.9 cm³/mol. The molecule has 0 fully saturated rings. The normalized spacial score (nSPS) is 17.4. The number of hydrogen-bond donors (Lipinski definition) is 2. The summed E-state index contributed by atoms with van der Waals surface area (Å²) < 4.78 is 0. The molecule has 3 nitrogen and oxygen atoms in total. The van der Waals surface area contributed by atoms with E-state index in [1.54, 1.807) is 6.92 Å². The van der Waals surface area contributed by atoms with Crippen LogP contribution < -0.4 is 5.73 Å². The van der Waals surface area contributed by atoms with Crippen LogP contribution in [0.25, 0.3) is 0 Å². The van der Waals surface area contributed by atoms with E-state index in [-0.39, 0.29) is 0 Å². The van der Waals surface area contributed by atoms with Crippen molar-refractivity contribution >= 4 is 17.6 Å². The van der Waals surface area contributed by atoms with Crippen LogP contribution in [0.2, 0.25) is 0 Å². The highest BCUT2D eigenvalue weighted by Gasteiger charge is 2.17. The minimum Gasteiger partial charge on any atom is -0.480 e. The van der Waals surface area contributed by atoms with Crippen LogP contribution in [0.3, 0.4) is 0 Å². The molecule has 48 valence electrons. The van der Waals surface area contributed by atoms with E-state index < -0.39 is 17.4 Å². The molecule has 0 rings (SSSR count). The zero-order valence-electron chi connectivity index (χ0n) is 4.47. The number of carbonyl (C=O) groups is 1. The Kier molecular flexibility index (Phi) is 2.79. The van der Waals surface area contributed by atoms with Crippen LogP contribution in [-0.4, -0.2) is 22.5 Å². The van der Waals surface area contributed by atoms with Gasteiger partial charge in [-0.25, -0.2) is 0 Å². The third kappa shape index (κ3) is 2.14. The van der Waals surface area contributed by atoms with Crippen LogP contribution in [0, 0.1) is 0 Å². The molecule has 0 heterocycles. The zero-order valence-corrected chi connectivity index (χ0v) is 5.22. The average Bonchev–Trinajstić information content (AvgIpc) is 1.64. The highest BCUT2D eigenvalue weighted by atomic mass is 35.5. The fraction of sp³-hybridized carbons (Fsp3) is 0.750. The Labute approximate surface area is 52.4 Å². The zero-order chi connectivity index (χ0) is 6.73. The Bertz CT molecular complexity index is 94.0. The lowest BCUT2D eigenvalue weighted by molar-refractivity contribution is -0.136. The van der Waals surface area contributed by atoms with Crippen molar-refractivity contribution in [2.45, 2.75) is 18.3 Å². The lowest BCUT2D eigenvalue weighted by atomic mass is 10.2. The first-order valence-electron chi connectivity index (χ1n) is 2.18. The molecule has 8 heavy (non-hydrogen) atoms. The standard InChI is InChI=1S/C4H8ClNO2/c1-2(6)3(5)4(7)8/h2-3H,6H2,1H3,(H,7,8). The number of aliphatic carboxylic acids is 1. The molecule has 0 amide bonds. The smallest absolute Gasteiger partial charge is 0.323 e. The van der Waals surface area contributed by atoms with Crippen molar-refractivity contribution in [2.75, 3.05) is 0 Å². The second-order valence-corrected chi connectivity index (χ2v) is 2.07. The van der Waals surface area contributed by atoms with Crippen LogP contribution >= 0.6 is 11.6 Å². The van der Waals surface area contributed by atoms with E-state index in [9.17, 15) is 4.79 Å². The topological polar surface area (TPSA) is 63.3 Å². The molecule has 0 aliphatic rings. The SMILES string of the molecule is CC(N)C(Cl)C(=O)O. The number of nitrogens with two attached hydrogens (primary N) is 1. The van der Waals surface area contributed by atoms with Crippen molar-refractivity contribution in [3.8, 4) is 0 Å². The summed E-state index contributed by atoms with van der Waals surface area (Å²) >= 11 is 5.23. The average molecular weight is 138 g/mol. The van der Waals surface area contributed by atoms with Crippen molar-refractivity contribution < 1.29 is 9.90 Å². The molecule has 0 aromatic heterocycles. The number of halogens is 1. The number of hydrogen-bond acceptors (Lipinski definition) is 2. The van der Waals surface area contributed by atoms with Gasteiger partial charge in [-0.3, -0.25) is 4.79 Å². The van der Waals surface area contributed by atoms with Crippen molar-refractivity contribution in [3.05, 3.63) is 0 Å². The first kappa shape index (κ1) is 7.72. The molecule has 0 saturated heterocycles. The van der Waals surface area contributed by atoms with E-state index in [1.807, 2.05) is 0 Å². The Balaban J connectivity index is 3.64. The lowest BCUT2D eigenvalue weighted by Crippen LogP contribution is -2.33. The Hall–Kier alpha value is -0.280. The minimum atomic E-state index is -1.07. The van der Waals surface area contributed by atoms with Gasteiger partial charge in [0.05, 0.1) is 0 Å². The predicted octanol–water partition coefficient (Wildman–Crippen LogP) is 0.0256. The van der Waals surface area contributed by atoms with Gasteiger partial charge in [-0.1, -0.05) is 0 Å². The summed E-state index contributed by atoms with van der Waals surface area (Å²) in [5.74, 6) is -1.07. The fourth-order valence-corrected chi connectivity index (χ4v) is 0.225. The van der Waals surface area contributed by atoms with E-state index >= 15 is 0 Å². The molecule has 4 heteroatoms. The maximum Gasteiger partial charge on any atom is 0.323 e. The maximum atomic E-state index is 9.93. The van der Waals surface area contributed by atoms with E-state index in [2.05, 4.69) is 0 Å². The minimum absolute atomic E-state index is 0.492. The van der Waals surface area contributed by atoms with Crippen LogP contribution in [0.1, 0.15) is 6.92 Å². The van der Waals surface area contributed by atoms with Gasteiger partial charge in [-0.2, -0.15) is 0 Å². The summed E-state index contributed by atoms with van der Waals surface area (Å²) in [6.07, 6.45) is 0. The summed E-state index contributed by atoms with van der Waals surface area (Å²) in [4.78, 5) is 9.93. The summed E-state index contributed by atoms with van der Waals surface area (Å²) in [5, 5.41) is 7.18. The summed E-state index contributed by atoms with van der Waals surface area (Å²) in [6, 6.07) is -0.492. The van der Waals surface area contributed by atoms with E-state index in [4.69, 9.17) is 22.4 Å². The monoisotopic (exact) mass is 137 g/mol. The molecule has 2 unspecified atom stereocenters. The molecule has 3 N–H and O–H groups in total. The Morgan fingerprint density at radius 1 is 1.88 bits per heavy atom. The quantitative estimate of drug-likeness (QED) is 0.528. The van der Waals surface area contributed by atoms with Gasteiger partial charge in [0.2, 0.25) is 0 Å². The largest absolute Gasteiger partial charge is 0.480 e. The third-order valence-electron chi connectivity index (χ3n) is 0.698. The molecule has 0 aliphatic heterocycles. The van der Waals surface area contributed by atoms with E-state index in [0.29, 0.717) is 0 Å². The first-order valence-corrected chi connectivity index (χ1v) is 2.62. The Morgan fingerprint density at radius 2 is 2.25 bits per heavy atom. The van der Waals surface area contributed by atoms with Gasteiger partial charge in [-0.05, 0) is 6.92 Å². The van der Waals surface area contributed by atoms with Crippen molar-refractivity contribution in [1.82, 2.24) is 0 Å². The highest BCUT2D eigenvalue weighted by molar-refractivity contribution is 6.30. The van der Waals surface area contributed by atoms with Gasteiger partial charge < -0.3 is 10.8 Å². The lowest BCUT2D eigenvalue weighted by Gasteiger charge is -2.05. The van der Waals surface area contributed by atoms with Gasteiger partial charge >= 0.3 is 5.97 Å². The second-order valence-electron chi connectivity index (χ2n) is 1.60. The molecule has 0 spiro atoms. The Morgan fingerprint density at radius 3 is 2.25 bits per heavy atom. The summed E-state index contributed by atoms with van der Waals surface area (Å²) in [5.41, 5.74) is 5.12. The van der Waals surface area contributed by atoms with Gasteiger partial charge in [-0.15, -0.1) is 11.6 Å². The van der Waals surface area contributed by atoms with E-state index in [1.165, 1.54) is 0 Å². The molecular weight excluding hydrogens is 130 g/mol. The van der Waals surface area contributed by atoms with Gasteiger partial charge in [0.1, 0.15) is 5.38 Å². The molecule has 0 aromatic rings. The van der Waals surface area contributed by atoms with Crippen LogP contribution in [0.15, 0.2) is 0 Å². The highest BCUT2D eigenvalue weighted by Crippen LogP contribution is 1.98. The molecular formula is C4H8ClNO2. The molecule has 0 aliphatic carbocycles. The van der Waals surface area contributed by atoms with Crippen molar-refractivity contribution in [1.29, 1.82) is 0 Å². The van der Waals surface area contributed by atoms with Crippen molar-refractivity contribution in [2.24, 2.45) is 5.73 Å². The molecule has 2 atom stereocenters. The van der Waals surface area contributed by atoms with E-state index in [0.717, 1.165) is 0 Å². The maximum absolute atomic E-state index is 9.93. The number of carboxylic acids is 1. The van der Waals surface area contributed by atoms with Crippen LogP contribution in [-0.2, 0) is 4.79 Å². The first-order chi connectivity index (χ1) is 3.55. The van der Waals surface area contributed by atoms with Gasteiger partial charge in [0.15, 0.2) is 0 Å². The molecule has 0 radical (unpaired) electrons. The third-order valence-corrected chi connectivity index (χ3v) is 1.28. The number of alkyl halides is 1. The van der Waals surface area contributed by atoms with Crippen LogP contribution in [0.4, 0.5) is 0 Å². The van der Waals surface area contributed by atoms with Gasteiger partial charge in [0, 0.05) is 6.04 Å². The van der Waals surface area contributed by atoms with Crippen molar-refractivity contribution in [3.63, 3.8) is 0 Å². The molecule has 0 saturated carbocycles.